The number of carboxylic acids is 1. The standard InChI is InChI=1S/C21H32O2/c1-15(7-6-8-16(2)14-21(22)23)13-18-12-11-17(3)19-9-4-5-10-20(18)19/h4-5,9-10,15-18H,6-8,11-14H2,1-3H3,(H,22,23)/t15?,16?,17-,18?/m1/s1. The lowest BCUT2D eigenvalue weighted by Gasteiger charge is -2.31. The molecule has 23 heavy (non-hydrogen) atoms. The first-order valence-corrected chi connectivity index (χ1v) is 9.28. The molecule has 1 aromatic carbocycles. The van der Waals surface area contributed by atoms with Crippen molar-refractivity contribution in [3.63, 3.8) is 0 Å². The van der Waals surface area contributed by atoms with Crippen LogP contribution < -0.4 is 0 Å². The number of hydrogen-bond acceptors (Lipinski definition) is 1. The van der Waals surface area contributed by atoms with Gasteiger partial charge in [-0.15, -0.1) is 0 Å². The third-order valence-corrected chi connectivity index (χ3v) is 5.52. The summed E-state index contributed by atoms with van der Waals surface area (Å²) in [7, 11) is 0. The first kappa shape index (κ1) is 18.0. The molecule has 0 aliphatic heterocycles. The van der Waals surface area contributed by atoms with Crippen molar-refractivity contribution in [1.29, 1.82) is 0 Å². The number of fused-ring (bicyclic) bond motifs is 1. The molecule has 2 nitrogen and oxygen atoms in total. The molecule has 0 fully saturated rings. The molecule has 2 heteroatoms. The third-order valence-electron chi connectivity index (χ3n) is 5.52. The van der Waals surface area contributed by atoms with Crippen LogP contribution in [-0.4, -0.2) is 11.1 Å². The third kappa shape index (κ3) is 5.37. The molecule has 128 valence electrons. The maximum atomic E-state index is 10.7. The van der Waals surface area contributed by atoms with E-state index in [9.17, 15) is 4.79 Å². The molecule has 0 aromatic heterocycles. The summed E-state index contributed by atoms with van der Waals surface area (Å²) in [5.74, 6) is 1.77. The zero-order chi connectivity index (χ0) is 16.8. The van der Waals surface area contributed by atoms with Crippen molar-refractivity contribution < 1.29 is 9.90 Å². The molecule has 0 saturated carbocycles. The van der Waals surface area contributed by atoms with E-state index in [1.807, 2.05) is 0 Å². The second kappa shape index (κ2) is 8.52. The molecule has 0 saturated heterocycles. The molecular weight excluding hydrogens is 284 g/mol. The fourth-order valence-corrected chi connectivity index (χ4v) is 4.16. The quantitative estimate of drug-likeness (QED) is 0.641. The first-order chi connectivity index (χ1) is 11.0. The molecule has 1 aromatic rings. The Kier molecular flexibility index (Phi) is 6.68. The maximum Gasteiger partial charge on any atom is 0.303 e. The summed E-state index contributed by atoms with van der Waals surface area (Å²) in [5.41, 5.74) is 3.14. The van der Waals surface area contributed by atoms with Crippen LogP contribution in [0.3, 0.4) is 0 Å². The number of carbonyl (C=O) groups is 1. The van der Waals surface area contributed by atoms with Crippen molar-refractivity contribution in [2.75, 3.05) is 0 Å². The Morgan fingerprint density at radius 1 is 1.13 bits per heavy atom. The summed E-state index contributed by atoms with van der Waals surface area (Å²) < 4.78 is 0. The number of hydrogen-bond donors (Lipinski definition) is 1. The second-order valence-electron chi connectivity index (χ2n) is 7.78. The second-order valence-corrected chi connectivity index (χ2v) is 7.78. The summed E-state index contributed by atoms with van der Waals surface area (Å²) >= 11 is 0. The minimum absolute atomic E-state index is 0.302. The molecule has 1 aliphatic rings. The van der Waals surface area contributed by atoms with Crippen LogP contribution in [0.2, 0.25) is 0 Å². The highest BCUT2D eigenvalue weighted by Gasteiger charge is 2.25. The van der Waals surface area contributed by atoms with E-state index in [1.54, 1.807) is 11.1 Å². The number of benzene rings is 1. The van der Waals surface area contributed by atoms with Crippen molar-refractivity contribution in [3.05, 3.63) is 35.4 Å². The normalized spacial score (nSPS) is 23.1. The largest absolute Gasteiger partial charge is 0.481 e. The first-order valence-electron chi connectivity index (χ1n) is 9.28. The van der Waals surface area contributed by atoms with Gasteiger partial charge in [-0.05, 0) is 54.1 Å². The highest BCUT2D eigenvalue weighted by atomic mass is 16.4. The molecule has 4 atom stereocenters. The smallest absolute Gasteiger partial charge is 0.303 e. The van der Waals surface area contributed by atoms with E-state index >= 15 is 0 Å². The van der Waals surface area contributed by atoms with Crippen molar-refractivity contribution in [1.82, 2.24) is 0 Å². The van der Waals surface area contributed by atoms with Gasteiger partial charge in [0.1, 0.15) is 0 Å². The average Bonchev–Trinajstić information content (AvgIpc) is 2.49. The monoisotopic (exact) mass is 316 g/mol. The molecule has 1 N–H and O–H groups in total. The van der Waals surface area contributed by atoms with E-state index in [-0.39, 0.29) is 0 Å². The minimum Gasteiger partial charge on any atom is -0.481 e. The summed E-state index contributed by atoms with van der Waals surface area (Å²) in [6.45, 7) is 6.77. The van der Waals surface area contributed by atoms with Gasteiger partial charge in [-0.3, -0.25) is 4.79 Å². The molecule has 0 radical (unpaired) electrons. The Bertz CT molecular complexity index is 508. The van der Waals surface area contributed by atoms with Gasteiger partial charge in [0.05, 0.1) is 0 Å². The van der Waals surface area contributed by atoms with Crippen LogP contribution in [0.1, 0.15) is 88.7 Å². The van der Waals surface area contributed by atoms with Crippen molar-refractivity contribution >= 4 is 5.97 Å². The fraction of sp³-hybridized carbons (Fsp3) is 0.667. The predicted molar refractivity (Wildman–Crippen MR) is 95.9 cm³/mol. The van der Waals surface area contributed by atoms with Crippen LogP contribution in [0, 0.1) is 11.8 Å². The van der Waals surface area contributed by atoms with Crippen LogP contribution in [0.5, 0.6) is 0 Å². The van der Waals surface area contributed by atoms with Crippen molar-refractivity contribution in [3.8, 4) is 0 Å². The lowest BCUT2D eigenvalue weighted by Crippen LogP contribution is -2.15. The molecule has 1 aliphatic carbocycles. The molecule has 0 spiro atoms. The Labute approximate surface area is 141 Å². The summed E-state index contributed by atoms with van der Waals surface area (Å²) in [6, 6.07) is 8.99. The van der Waals surface area contributed by atoms with Gasteiger partial charge in [0.15, 0.2) is 0 Å². The Morgan fingerprint density at radius 3 is 2.48 bits per heavy atom. The van der Waals surface area contributed by atoms with Crippen molar-refractivity contribution in [2.45, 2.75) is 77.6 Å². The number of aliphatic carboxylic acids is 1. The van der Waals surface area contributed by atoms with Gasteiger partial charge in [-0.1, -0.05) is 64.3 Å². The topological polar surface area (TPSA) is 37.3 Å². The number of carboxylic acid groups (broad SMARTS) is 1. The van der Waals surface area contributed by atoms with Gasteiger partial charge in [-0.2, -0.15) is 0 Å². The molecular formula is C21H32O2. The molecule has 2 rings (SSSR count). The minimum atomic E-state index is -0.668. The van der Waals surface area contributed by atoms with E-state index < -0.39 is 5.97 Å². The van der Waals surface area contributed by atoms with Gasteiger partial charge in [-0.25, -0.2) is 0 Å². The zero-order valence-corrected chi connectivity index (χ0v) is 14.9. The molecule has 0 amide bonds. The van der Waals surface area contributed by atoms with Crippen molar-refractivity contribution in [2.24, 2.45) is 11.8 Å². The summed E-state index contributed by atoms with van der Waals surface area (Å²) in [5, 5.41) is 8.82. The van der Waals surface area contributed by atoms with Crippen LogP contribution in [0.15, 0.2) is 24.3 Å². The Morgan fingerprint density at radius 2 is 1.78 bits per heavy atom. The van der Waals surface area contributed by atoms with E-state index in [1.165, 1.54) is 25.7 Å². The van der Waals surface area contributed by atoms with Crippen LogP contribution in [0.4, 0.5) is 0 Å². The average molecular weight is 316 g/mol. The fourth-order valence-electron chi connectivity index (χ4n) is 4.16. The lowest BCUT2D eigenvalue weighted by molar-refractivity contribution is -0.138. The molecule has 0 bridgehead atoms. The van der Waals surface area contributed by atoms with E-state index in [2.05, 4.69) is 45.0 Å². The van der Waals surface area contributed by atoms with Crippen LogP contribution in [-0.2, 0) is 4.79 Å². The van der Waals surface area contributed by atoms with E-state index in [4.69, 9.17) is 5.11 Å². The van der Waals surface area contributed by atoms with Gasteiger partial charge in [0, 0.05) is 6.42 Å². The van der Waals surface area contributed by atoms with Gasteiger partial charge < -0.3 is 5.11 Å². The highest BCUT2D eigenvalue weighted by Crippen LogP contribution is 2.41. The molecule has 3 unspecified atom stereocenters. The van der Waals surface area contributed by atoms with Crippen LogP contribution >= 0.6 is 0 Å². The summed E-state index contributed by atoms with van der Waals surface area (Å²) in [4.78, 5) is 10.7. The predicted octanol–water partition coefficient (Wildman–Crippen LogP) is 5.97. The van der Waals surface area contributed by atoms with Gasteiger partial charge in [0.25, 0.3) is 0 Å². The zero-order valence-electron chi connectivity index (χ0n) is 14.9. The lowest BCUT2D eigenvalue weighted by atomic mass is 9.74. The van der Waals surface area contributed by atoms with E-state index in [0.29, 0.717) is 24.2 Å². The van der Waals surface area contributed by atoms with E-state index in [0.717, 1.165) is 18.8 Å². The van der Waals surface area contributed by atoms with Gasteiger partial charge in [0.2, 0.25) is 0 Å². The molecule has 0 heterocycles. The van der Waals surface area contributed by atoms with Gasteiger partial charge >= 0.3 is 5.97 Å². The maximum absolute atomic E-state index is 10.7. The SMILES string of the molecule is CC(CCCC(C)CC1CC[C@@H](C)c2ccccc21)CC(=O)O. The Balaban J connectivity index is 1.81. The summed E-state index contributed by atoms with van der Waals surface area (Å²) in [6.07, 6.45) is 7.62. The van der Waals surface area contributed by atoms with Crippen LogP contribution in [0.25, 0.3) is 0 Å². The number of rotatable bonds is 8. The Hall–Kier alpha value is -1.31. The highest BCUT2D eigenvalue weighted by molar-refractivity contribution is 5.66.